The zero-order valence-electron chi connectivity index (χ0n) is 16.8. The highest BCUT2D eigenvalue weighted by molar-refractivity contribution is 6.36. The molecule has 1 aliphatic rings. The van der Waals surface area contributed by atoms with Gasteiger partial charge in [0, 0.05) is 39.3 Å². The lowest BCUT2D eigenvalue weighted by Gasteiger charge is -2.22. The molecule has 1 fully saturated rings. The Labute approximate surface area is 188 Å². The van der Waals surface area contributed by atoms with E-state index in [1.807, 2.05) is 12.1 Å². The molecule has 0 spiro atoms. The molecule has 0 aliphatic heterocycles. The molecule has 29 heavy (non-hydrogen) atoms. The zero-order chi connectivity index (χ0) is 20.6. The Balaban J connectivity index is 1.66. The lowest BCUT2D eigenvalue weighted by molar-refractivity contribution is 0.284. The highest BCUT2D eigenvalue weighted by Gasteiger charge is 2.15. The normalized spacial score (nSPS) is 15.6. The largest absolute Gasteiger partial charge is 0.493 e. The molecule has 0 radical (unpaired) electrons. The highest BCUT2D eigenvalue weighted by Crippen LogP contribution is 2.35. The molecule has 1 saturated carbocycles. The number of hydrogen-bond acceptors (Lipinski definition) is 3. The van der Waals surface area contributed by atoms with Crippen LogP contribution in [0.2, 0.25) is 15.1 Å². The van der Waals surface area contributed by atoms with Crippen LogP contribution in [0.3, 0.4) is 0 Å². The van der Waals surface area contributed by atoms with Crippen LogP contribution in [-0.4, -0.2) is 13.2 Å². The second-order valence-electron chi connectivity index (χ2n) is 7.51. The van der Waals surface area contributed by atoms with Crippen molar-refractivity contribution < 1.29 is 9.47 Å². The van der Waals surface area contributed by atoms with E-state index in [1.165, 1.54) is 44.9 Å². The minimum Gasteiger partial charge on any atom is -0.493 e. The van der Waals surface area contributed by atoms with Gasteiger partial charge in [0.1, 0.15) is 6.61 Å². The maximum absolute atomic E-state index is 6.55. The standard InChI is InChI=1S/C23H28Cl3NO2/c1-28-22-12-16(14-27-17-8-5-3-2-4-6-9-17)21(26)13-23(22)29-15-18-19(24)10-7-11-20(18)25/h7,10-13,17,27H,2-6,8-9,14-15H2,1H3. The van der Waals surface area contributed by atoms with Crippen molar-refractivity contribution in [2.24, 2.45) is 0 Å². The number of hydrogen-bond donors (Lipinski definition) is 1. The van der Waals surface area contributed by atoms with Gasteiger partial charge in [0.05, 0.1) is 7.11 Å². The van der Waals surface area contributed by atoms with Crippen LogP contribution in [0.4, 0.5) is 0 Å². The third kappa shape index (κ3) is 6.42. The lowest BCUT2D eigenvalue weighted by atomic mass is 9.96. The predicted octanol–water partition coefficient (Wildman–Crippen LogP) is 7.44. The number of ether oxygens (including phenoxy) is 2. The Morgan fingerprint density at radius 1 is 0.897 bits per heavy atom. The van der Waals surface area contributed by atoms with Crippen LogP contribution < -0.4 is 14.8 Å². The first-order valence-corrected chi connectivity index (χ1v) is 11.4. The summed E-state index contributed by atoms with van der Waals surface area (Å²) in [5.74, 6) is 1.22. The Bertz CT molecular complexity index is 785. The summed E-state index contributed by atoms with van der Waals surface area (Å²) in [6.07, 6.45) is 9.11. The summed E-state index contributed by atoms with van der Waals surface area (Å²) in [6.45, 7) is 0.960. The SMILES string of the molecule is COc1cc(CNC2CCCCCCC2)c(Cl)cc1OCc1c(Cl)cccc1Cl. The smallest absolute Gasteiger partial charge is 0.163 e. The van der Waals surface area contributed by atoms with Crippen molar-refractivity contribution in [1.29, 1.82) is 0 Å². The topological polar surface area (TPSA) is 30.5 Å². The van der Waals surface area contributed by atoms with Crippen LogP contribution in [-0.2, 0) is 13.2 Å². The van der Waals surface area contributed by atoms with Crippen LogP contribution in [0.1, 0.15) is 56.1 Å². The van der Waals surface area contributed by atoms with Gasteiger partial charge in [0.15, 0.2) is 11.5 Å². The van der Waals surface area contributed by atoms with E-state index in [-0.39, 0.29) is 6.61 Å². The molecule has 6 heteroatoms. The Morgan fingerprint density at radius 3 is 2.21 bits per heavy atom. The molecule has 0 saturated heterocycles. The number of benzene rings is 2. The van der Waals surface area contributed by atoms with Crippen LogP contribution in [0.5, 0.6) is 11.5 Å². The van der Waals surface area contributed by atoms with Crippen LogP contribution >= 0.6 is 34.8 Å². The minimum atomic E-state index is 0.241. The fourth-order valence-corrected chi connectivity index (χ4v) is 4.45. The molecule has 0 bridgehead atoms. The summed E-state index contributed by atoms with van der Waals surface area (Å²) in [7, 11) is 1.63. The molecule has 1 N–H and O–H groups in total. The lowest BCUT2D eigenvalue weighted by Crippen LogP contribution is -2.29. The monoisotopic (exact) mass is 455 g/mol. The molecule has 2 aromatic carbocycles. The molecule has 0 atom stereocenters. The van der Waals surface area contributed by atoms with Gasteiger partial charge in [0.25, 0.3) is 0 Å². The summed E-state index contributed by atoms with van der Waals surface area (Å²) >= 11 is 19.0. The van der Waals surface area contributed by atoms with E-state index in [0.29, 0.717) is 32.6 Å². The zero-order valence-corrected chi connectivity index (χ0v) is 19.0. The summed E-state index contributed by atoms with van der Waals surface area (Å²) < 4.78 is 11.5. The fraction of sp³-hybridized carbons (Fsp3) is 0.478. The van der Waals surface area contributed by atoms with Crippen LogP contribution in [0.25, 0.3) is 0 Å². The van der Waals surface area contributed by atoms with E-state index in [2.05, 4.69) is 5.32 Å². The van der Waals surface area contributed by atoms with E-state index in [1.54, 1.807) is 25.3 Å². The second kappa shape index (κ2) is 11.3. The van der Waals surface area contributed by atoms with Gasteiger partial charge >= 0.3 is 0 Å². The van der Waals surface area contributed by atoms with E-state index >= 15 is 0 Å². The number of rotatable bonds is 7. The Hall–Kier alpha value is -1.13. The molecule has 0 heterocycles. The van der Waals surface area contributed by atoms with Gasteiger partial charge in [-0.2, -0.15) is 0 Å². The number of halogens is 3. The van der Waals surface area contributed by atoms with Gasteiger partial charge in [0.2, 0.25) is 0 Å². The van der Waals surface area contributed by atoms with Gasteiger partial charge in [-0.25, -0.2) is 0 Å². The van der Waals surface area contributed by atoms with Gasteiger partial charge in [-0.1, -0.05) is 73.0 Å². The molecule has 158 valence electrons. The molecule has 2 aromatic rings. The molecular formula is C23H28Cl3NO2. The van der Waals surface area contributed by atoms with Gasteiger partial charge in [-0.15, -0.1) is 0 Å². The average molecular weight is 457 g/mol. The fourth-order valence-electron chi connectivity index (χ4n) is 3.72. The summed E-state index contributed by atoms with van der Waals surface area (Å²) in [6, 6.07) is 9.70. The number of methoxy groups -OCH3 is 1. The molecule has 1 aliphatic carbocycles. The van der Waals surface area contributed by atoms with Gasteiger partial charge < -0.3 is 14.8 Å². The van der Waals surface area contributed by atoms with Crippen molar-refractivity contribution >= 4 is 34.8 Å². The summed E-state index contributed by atoms with van der Waals surface area (Å²) in [5, 5.41) is 5.47. The van der Waals surface area contributed by atoms with Gasteiger partial charge in [-0.3, -0.25) is 0 Å². The van der Waals surface area contributed by atoms with Crippen molar-refractivity contribution in [3.8, 4) is 11.5 Å². The first-order chi connectivity index (χ1) is 14.1. The molecule has 0 unspecified atom stereocenters. The van der Waals surface area contributed by atoms with E-state index in [9.17, 15) is 0 Å². The van der Waals surface area contributed by atoms with Crippen molar-refractivity contribution in [2.75, 3.05) is 7.11 Å². The summed E-state index contributed by atoms with van der Waals surface area (Å²) in [4.78, 5) is 0. The molecule has 0 aromatic heterocycles. The van der Waals surface area contributed by atoms with Crippen molar-refractivity contribution in [2.45, 2.75) is 64.1 Å². The van der Waals surface area contributed by atoms with E-state index in [0.717, 1.165) is 17.7 Å². The number of nitrogens with one attached hydrogen (secondary N) is 1. The van der Waals surface area contributed by atoms with E-state index < -0.39 is 0 Å². The first kappa shape index (κ1) is 22.6. The maximum atomic E-state index is 6.55. The average Bonchev–Trinajstić information content (AvgIpc) is 2.68. The van der Waals surface area contributed by atoms with Crippen LogP contribution in [0.15, 0.2) is 30.3 Å². The van der Waals surface area contributed by atoms with Crippen molar-refractivity contribution in [1.82, 2.24) is 5.32 Å². The molecule has 0 amide bonds. The second-order valence-corrected chi connectivity index (χ2v) is 8.73. The quantitative estimate of drug-likeness (QED) is 0.469. The molecule has 3 rings (SSSR count). The molecule has 3 nitrogen and oxygen atoms in total. The first-order valence-electron chi connectivity index (χ1n) is 10.2. The van der Waals surface area contributed by atoms with Crippen molar-refractivity contribution in [3.63, 3.8) is 0 Å². The third-order valence-electron chi connectivity index (χ3n) is 5.45. The maximum Gasteiger partial charge on any atom is 0.163 e. The highest BCUT2D eigenvalue weighted by atomic mass is 35.5. The van der Waals surface area contributed by atoms with Gasteiger partial charge in [-0.05, 0) is 36.6 Å². The van der Waals surface area contributed by atoms with Crippen LogP contribution in [0, 0.1) is 0 Å². The third-order valence-corrected chi connectivity index (χ3v) is 6.51. The van der Waals surface area contributed by atoms with E-state index in [4.69, 9.17) is 44.3 Å². The van der Waals surface area contributed by atoms with Crippen molar-refractivity contribution in [3.05, 3.63) is 56.5 Å². The minimum absolute atomic E-state index is 0.241. The Morgan fingerprint density at radius 2 is 1.55 bits per heavy atom. The Kier molecular flexibility index (Phi) is 8.80. The summed E-state index contributed by atoms with van der Waals surface area (Å²) in [5.41, 5.74) is 1.75. The predicted molar refractivity (Wildman–Crippen MR) is 122 cm³/mol. The molecular weight excluding hydrogens is 429 g/mol.